The minimum absolute atomic E-state index is 0.0664. The summed E-state index contributed by atoms with van der Waals surface area (Å²) in [6.07, 6.45) is 0. The fraction of sp³-hybridized carbons (Fsp3) is 0.500. The van der Waals surface area contributed by atoms with Gasteiger partial charge in [-0.05, 0) is 31.0 Å². The van der Waals surface area contributed by atoms with Crippen molar-refractivity contribution < 1.29 is 9.47 Å². The van der Waals surface area contributed by atoms with Gasteiger partial charge in [-0.3, -0.25) is 0 Å². The van der Waals surface area contributed by atoms with Gasteiger partial charge in [0.05, 0.1) is 6.61 Å². The lowest BCUT2D eigenvalue weighted by atomic mass is 10.1. The topological polar surface area (TPSA) is 44.5 Å². The predicted octanol–water partition coefficient (Wildman–Crippen LogP) is 2.04. The number of hydrogen-bond acceptors (Lipinski definition) is 3. The van der Waals surface area contributed by atoms with Crippen LogP contribution >= 0.6 is 0 Å². The van der Waals surface area contributed by atoms with Crippen LogP contribution in [0.25, 0.3) is 0 Å². The Balaban J connectivity index is 2.66. The first-order chi connectivity index (χ1) is 7.15. The van der Waals surface area contributed by atoms with Crippen molar-refractivity contribution in [3.8, 4) is 5.75 Å². The third kappa shape index (κ3) is 3.53. The molecule has 0 aliphatic rings. The molecule has 0 aliphatic carbocycles. The normalized spacial score (nSPS) is 12.5. The average molecular weight is 209 g/mol. The molecular formula is C12H19NO2. The first-order valence-electron chi connectivity index (χ1n) is 5.13. The fourth-order valence-corrected chi connectivity index (χ4v) is 1.35. The van der Waals surface area contributed by atoms with E-state index in [-0.39, 0.29) is 6.04 Å². The summed E-state index contributed by atoms with van der Waals surface area (Å²) in [4.78, 5) is 0. The second kappa shape index (κ2) is 5.73. The molecule has 15 heavy (non-hydrogen) atoms. The van der Waals surface area contributed by atoms with Crippen molar-refractivity contribution in [2.75, 3.05) is 20.3 Å². The van der Waals surface area contributed by atoms with Gasteiger partial charge in [0.25, 0.3) is 0 Å². The lowest BCUT2D eigenvalue weighted by Gasteiger charge is -2.11. The molecule has 1 atom stereocenters. The van der Waals surface area contributed by atoms with Crippen molar-refractivity contribution in [1.82, 2.24) is 0 Å². The Hall–Kier alpha value is -1.06. The molecule has 0 amide bonds. The van der Waals surface area contributed by atoms with Crippen LogP contribution in [0.4, 0.5) is 0 Å². The van der Waals surface area contributed by atoms with Crippen molar-refractivity contribution in [1.29, 1.82) is 0 Å². The van der Waals surface area contributed by atoms with Crippen LogP contribution < -0.4 is 10.5 Å². The van der Waals surface area contributed by atoms with E-state index in [1.165, 1.54) is 0 Å². The Morgan fingerprint density at radius 1 is 1.33 bits per heavy atom. The number of ether oxygens (including phenoxy) is 2. The summed E-state index contributed by atoms with van der Waals surface area (Å²) in [5.74, 6) is 0.899. The van der Waals surface area contributed by atoms with Crippen LogP contribution in [-0.2, 0) is 4.74 Å². The molecule has 3 nitrogen and oxygen atoms in total. The van der Waals surface area contributed by atoms with E-state index in [0.29, 0.717) is 13.2 Å². The standard InChI is InChI=1S/C12H19NO2/c1-9-8-11(10(2)13)4-5-12(9)15-7-6-14-3/h4-5,8,10H,6-7,13H2,1-3H3/t10-/m1/s1. The molecule has 1 aromatic carbocycles. The Morgan fingerprint density at radius 3 is 2.60 bits per heavy atom. The molecule has 0 aliphatic heterocycles. The molecule has 2 N–H and O–H groups in total. The lowest BCUT2D eigenvalue weighted by molar-refractivity contribution is 0.146. The predicted molar refractivity (Wildman–Crippen MR) is 61.2 cm³/mol. The zero-order valence-electron chi connectivity index (χ0n) is 9.62. The van der Waals surface area contributed by atoms with Crippen LogP contribution in [-0.4, -0.2) is 20.3 Å². The summed E-state index contributed by atoms with van der Waals surface area (Å²) >= 11 is 0. The van der Waals surface area contributed by atoms with E-state index in [2.05, 4.69) is 6.07 Å². The van der Waals surface area contributed by atoms with E-state index in [1.807, 2.05) is 26.0 Å². The smallest absolute Gasteiger partial charge is 0.122 e. The van der Waals surface area contributed by atoms with Gasteiger partial charge >= 0.3 is 0 Å². The summed E-state index contributed by atoms with van der Waals surface area (Å²) in [7, 11) is 1.66. The number of benzene rings is 1. The van der Waals surface area contributed by atoms with Crippen LogP contribution in [0.2, 0.25) is 0 Å². The molecule has 0 saturated carbocycles. The highest BCUT2D eigenvalue weighted by Crippen LogP contribution is 2.21. The van der Waals surface area contributed by atoms with Crippen molar-refractivity contribution in [3.05, 3.63) is 29.3 Å². The van der Waals surface area contributed by atoms with E-state index in [4.69, 9.17) is 15.2 Å². The van der Waals surface area contributed by atoms with Crippen molar-refractivity contribution >= 4 is 0 Å². The Bertz CT molecular complexity index is 310. The number of nitrogens with two attached hydrogens (primary N) is 1. The van der Waals surface area contributed by atoms with E-state index >= 15 is 0 Å². The highest BCUT2D eigenvalue weighted by molar-refractivity contribution is 5.37. The van der Waals surface area contributed by atoms with Crippen LogP contribution in [0.5, 0.6) is 5.75 Å². The van der Waals surface area contributed by atoms with Gasteiger partial charge in [0.1, 0.15) is 12.4 Å². The van der Waals surface area contributed by atoms with Crippen LogP contribution in [0.3, 0.4) is 0 Å². The number of aryl methyl sites for hydroxylation is 1. The van der Waals surface area contributed by atoms with Gasteiger partial charge in [-0.1, -0.05) is 12.1 Å². The van der Waals surface area contributed by atoms with Gasteiger partial charge in [-0.15, -0.1) is 0 Å². The van der Waals surface area contributed by atoms with E-state index in [1.54, 1.807) is 7.11 Å². The molecule has 0 saturated heterocycles. The summed E-state index contributed by atoms with van der Waals surface area (Å²) in [6.45, 7) is 5.18. The SMILES string of the molecule is COCCOc1ccc([C@@H](C)N)cc1C. The average Bonchev–Trinajstić information content (AvgIpc) is 2.20. The molecule has 0 unspecified atom stereocenters. The Morgan fingerprint density at radius 2 is 2.07 bits per heavy atom. The van der Waals surface area contributed by atoms with E-state index in [9.17, 15) is 0 Å². The summed E-state index contributed by atoms with van der Waals surface area (Å²) < 4.78 is 10.5. The maximum atomic E-state index is 5.79. The maximum Gasteiger partial charge on any atom is 0.122 e. The minimum Gasteiger partial charge on any atom is -0.491 e. The van der Waals surface area contributed by atoms with Crippen LogP contribution in [0.1, 0.15) is 24.1 Å². The number of methoxy groups -OCH3 is 1. The zero-order valence-corrected chi connectivity index (χ0v) is 9.62. The Kier molecular flexibility index (Phi) is 4.59. The molecule has 0 bridgehead atoms. The van der Waals surface area contributed by atoms with Crippen LogP contribution in [0, 0.1) is 6.92 Å². The first-order valence-corrected chi connectivity index (χ1v) is 5.13. The van der Waals surface area contributed by atoms with Gasteiger partial charge in [-0.2, -0.15) is 0 Å². The number of rotatable bonds is 5. The summed E-state index contributed by atoms with van der Waals surface area (Å²) in [5.41, 5.74) is 8.04. The molecule has 84 valence electrons. The lowest BCUT2D eigenvalue weighted by Crippen LogP contribution is -2.07. The van der Waals surface area contributed by atoms with Gasteiger partial charge in [-0.25, -0.2) is 0 Å². The third-order valence-corrected chi connectivity index (χ3v) is 2.27. The zero-order chi connectivity index (χ0) is 11.3. The highest BCUT2D eigenvalue weighted by atomic mass is 16.5. The molecule has 0 radical (unpaired) electrons. The summed E-state index contributed by atoms with van der Waals surface area (Å²) in [6, 6.07) is 6.09. The Labute approximate surface area is 91.2 Å². The van der Waals surface area contributed by atoms with Gasteiger partial charge < -0.3 is 15.2 Å². The summed E-state index contributed by atoms with van der Waals surface area (Å²) in [5, 5.41) is 0. The van der Waals surface area contributed by atoms with Crippen molar-refractivity contribution in [2.24, 2.45) is 5.73 Å². The quantitative estimate of drug-likeness (QED) is 0.755. The third-order valence-electron chi connectivity index (χ3n) is 2.27. The highest BCUT2D eigenvalue weighted by Gasteiger charge is 2.03. The largest absolute Gasteiger partial charge is 0.491 e. The van der Waals surface area contributed by atoms with Gasteiger partial charge in [0.2, 0.25) is 0 Å². The second-order valence-corrected chi connectivity index (χ2v) is 3.65. The molecule has 1 aromatic rings. The van der Waals surface area contributed by atoms with Gasteiger partial charge in [0.15, 0.2) is 0 Å². The molecule has 0 spiro atoms. The van der Waals surface area contributed by atoms with E-state index in [0.717, 1.165) is 16.9 Å². The maximum absolute atomic E-state index is 5.79. The second-order valence-electron chi connectivity index (χ2n) is 3.65. The molecule has 3 heteroatoms. The van der Waals surface area contributed by atoms with Crippen molar-refractivity contribution in [3.63, 3.8) is 0 Å². The molecule has 1 rings (SSSR count). The fourth-order valence-electron chi connectivity index (χ4n) is 1.35. The number of hydrogen-bond donors (Lipinski definition) is 1. The first kappa shape index (κ1) is 12.0. The molecule has 0 fully saturated rings. The van der Waals surface area contributed by atoms with E-state index < -0.39 is 0 Å². The van der Waals surface area contributed by atoms with Crippen LogP contribution in [0.15, 0.2) is 18.2 Å². The molecule has 0 aromatic heterocycles. The van der Waals surface area contributed by atoms with Gasteiger partial charge in [0, 0.05) is 13.2 Å². The molecular weight excluding hydrogens is 190 g/mol. The van der Waals surface area contributed by atoms with Crippen molar-refractivity contribution in [2.45, 2.75) is 19.9 Å². The monoisotopic (exact) mass is 209 g/mol. The minimum atomic E-state index is 0.0664. The molecule has 0 heterocycles.